The molecule has 0 atom stereocenters. The molecule has 3 rings (SSSR count). The number of halogens is 1. The lowest BCUT2D eigenvalue weighted by Crippen LogP contribution is -2.38. The van der Waals surface area contributed by atoms with Gasteiger partial charge in [-0.1, -0.05) is 19.3 Å². The van der Waals surface area contributed by atoms with Gasteiger partial charge in [-0.2, -0.15) is 4.98 Å². The quantitative estimate of drug-likeness (QED) is 0.770. The Morgan fingerprint density at radius 3 is 2.61 bits per heavy atom. The zero-order valence-electron chi connectivity index (χ0n) is 9.70. The third kappa shape index (κ3) is 1.77. The maximum atomic E-state index is 12.3. The van der Waals surface area contributed by atoms with Gasteiger partial charge < -0.3 is 4.98 Å². The smallest absolute Gasteiger partial charge is 0.323 e. The van der Waals surface area contributed by atoms with Gasteiger partial charge in [0.1, 0.15) is 0 Å². The molecule has 0 aliphatic heterocycles. The summed E-state index contributed by atoms with van der Waals surface area (Å²) in [7, 11) is 0. The number of imidazole rings is 1. The first-order chi connectivity index (χ1) is 8.66. The normalized spacial score (nSPS) is 17.4. The molecule has 0 aromatic carbocycles. The van der Waals surface area contributed by atoms with E-state index in [2.05, 4.69) is 15.0 Å². The molecule has 1 aliphatic rings. The van der Waals surface area contributed by atoms with Gasteiger partial charge in [0.15, 0.2) is 11.2 Å². The molecule has 2 aromatic heterocycles. The SMILES string of the molecule is O=c1[nH]c2nc(Cl)[nH]c2c(=O)n1C1CCCCC1. The highest BCUT2D eigenvalue weighted by Gasteiger charge is 2.21. The Labute approximate surface area is 107 Å². The van der Waals surface area contributed by atoms with Crippen LogP contribution in [0.3, 0.4) is 0 Å². The van der Waals surface area contributed by atoms with E-state index in [0.29, 0.717) is 0 Å². The first-order valence-corrected chi connectivity index (χ1v) is 6.44. The predicted molar refractivity (Wildman–Crippen MR) is 68.1 cm³/mol. The Kier molecular flexibility index (Phi) is 2.74. The summed E-state index contributed by atoms with van der Waals surface area (Å²) in [5.74, 6) is 0. The van der Waals surface area contributed by atoms with E-state index in [-0.39, 0.29) is 28.0 Å². The molecule has 96 valence electrons. The number of H-pyrrole nitrogens is 2. The molecule has 0 spiro atoms. The van der Waals surface area contributed by atoms with Gasteiger partial charge in [-0.05, 0) is 24.4 Å². The molecule has 1 aliphatic carbocycles. The van der Waals surface area contributed by atoms with Crippen molar-refractivity contribution in [3.8, 4) is 0 Å². The summed E-state index contributed by atoms with van der Waals surface area (Å²) in [5.41, 5.74) is -0.241. The Hall–Kier alpha value is -1.56. The molecule has 18 heavy (non-hydrogen) atoms. The highest BCUT2D eigenvalue weighted by atomic mass is 35.5. The zero-order valence-corrected chi connectivity index (χ0v) is 10.5. The molecule has 2 heterocycles. The van der Waals surface area contributed by atoms with Gasteiger partial charge in [-0.15, -0.1) is 0 Å². The fourth-order valence-electron chi connectivity index (χ4n) is 2.63. The molecule has 2 aromatic rings. The van der Waals surface area contributed by atoms with E-state index in [4.69, 9.17) is 11.6 Å². The van der Waals surface area contributed by atoms with Crippen molar-refractivity contribution in [3.63, 3.8) is 0 Å². The molecule has 7 heteroatoms. The monoisotopic (exact) mass is 268 g/mol. The number of nitrogens with zero attached hydrogens (tertiary/aromatic N) is 2. The second-order valence-electron chi connectivity index (χ2n) is 4.65. The summed E-state index contributed by atoms with van der Waals surface area (Å²) in [6.45, 7) is 0. The highest BCUT2D eigenvalue weighted by molar-refractivity contribution is 6.28. The molecular weight excluding hydrogens is 256 g/mol. The van der Waals surface area contributed by atoms with Crippen molar-refractivity contribution in [2.75, 3.05) is 0 Å². The Balaban J connectivity index is 2.22. The first kappa shape index (κ1) is 11.5. The van der Waals surface area contributed by atoms with Crippen molar-refractivity contribution in [3.05, 3.63) is 26.1 Å². The van der Waals surface area contributed by atoms with Crippen LogP contribution in [0, 0.1) is 0 Å². The van der Waals surface area contributed by atoms with E-state index in [1.165, 1.54) is 11.0 Å². The Bertz CT molecular complexity index is 693. The van der Waals surface area contributed by atoms with Crippen LogP contribution in [0.5, 0.6) is 0 Å². The number of nitrogens with one attached hydrogen (secondary N) is 2. The van der Waals surface area contributed by atoms with Crippen molar-refractivity contribution in [1.82, 2.24) is 19.5 Å². The van der Waals surface area contributed by atoms with Gasteiger partial charge in [0.25, 0.3) is 5.56 Å². The summed E-state index contributed by atoms with van der Waals surface area (Å²) in [6, 6.07) is -0.0125. The minimum atomic E-state index is -0.400. The Morgan fingerprint density at radius 1 is 1.17 bits per heavy atom. The van der Waals surface area contributed by atoms with E-state index in [1.807, 2.05) is 0 Å². The Morgan fingerprint density at radius 2 is 1.89 bits per heavy atom. The van der Waals surface area contributed by atoms with Crippen LogP contribution in [0.1, 0.15) is 38.1 Å². The maximum Gasteiger partial charge on any atom is 0.330 e. The number of hydrogen-bond acceptors (Lipinski definition) is 3. The van der Waals surface area contributed by atoms with Crippen molar-refractivity contribution in [2.45, 2.75) is 38.1 Å². The summed E-state index contributed by atoms with van der Waals surface area (Å²) >= 11 is 5.71. The van der Waals surface area contributed by atoms with Gasteiger partial charge in [0, 0.05) is 6.04 Å². The fraction of sp³-hybridized carbons (Fsp3) is 0.545. The molecule has 2 N–H and O–H groups in total. The van der Waals surface area contributed by atoms with Gasteiger partial charge in [0.2, 0.25) is 5.28 Å². The van der Waals surface area contributed by atoms with Crippen molar-refractivity contribution in [1.29, 1.82) is 0 Å². The number of hydrogen-bond donors (Lipinski definition) is 2. The molecule has 0 amide bonds. The van der Waals surface area contributed by atoms with Crippen molar-refractivity contribution in [2.24, 2.45) is 0 Å². The third-order valence-electron chi connectivity index (χ3n) is 3.49. The van der Waals surface area contributed by atoms with Crippen molar-refractivity contribution >= 4 is 22.8 Å². The van der Waals surface area contributed by atoms with Gasteiger partial charge in [-0.25, -0.2) is 4.79 Å². The minimum Gasteiger partial charge on any atom is -0.323 e. The lowest BCUT2D eigenvalue weighted by Gasteiger charge is -2.22. The molecule has 0 saturated heterocycles. The van der Waals surface area contributed by atoms with E-state index >= 15 is 0 Å². The van der Waals surface area contributed by atoms with Crippen LogP contribution in [-0.2, 0) is 0 Å². The van der Waals surface area contributed by atoms with Gasteiger partial charge >= 0.3 is 5.69 Å². The van der Waals surface area contributed by atoms with Crippen LogP contribution < -0.4 is 11.2 Å². The molecular formula is C11H13ClN4O2. The average Bonchev–Trinajstić information content (AvgIpc) is 2.71. The topological polar surface area (TPSA) is 83.5 Å². The van der Waals surface area contributed by atoms with Crippen LogP contribution in [0.15, 0.2) is 9.59 Å². The molecule has 0 bridgehead atoms. The number of aromatic amines is 2. The van der Waals surface area contributed by atoms with Crippen LogP contribution in [-0.4, -0.2) is 19.5 Å². The molecule has 0 unspecified atom stereocenters. The van der Waals surface area contributed by atoms with Crippen LogP contribution in [0.2, 0.25) is 5.28 Å². The minimum absolute atomic E-state index is 0.0125. The van der Waals surface area contributed by atoms with Gasteiger partial charge in [-0.3, -0.25) is 14.3 Å². The number of rotatable bonds is 1. The van der Waals surface area contributed by atoms with Crippen LogP contribution in [0.4, 0.5) is 0 Å². The van der Waals surface area contributed by atoms with E-state index < -0.39 is 5.69 Å². The highest BCUT2D eigenvalue weighted by Crippen LogP contribution is 2.25. The first-order valence-electron chi connectivity index (χ1n) is 6.07. The summed E-state index contributed by atoms with van der Waals surface area (Å²) < 4.78 is 1.30. The second kappa shape index (κ2) is 4.28. The fourth-order valence-corrected chi connectivity index (χ4v) is 2.81. The zero-order chi connectivity index (χ0) is 12.7. The van der Waals surface area contributed by atoms with E-state index in [1.54, 1.807) is 0 Å². The van der Waals surface area contributed by atoms with Crippen LogP contribution >= 0.6 is 11.6 Å². The second-order valence-corrected chi connectivity index (χ2v) is 5.01. The standard InChI is InChI=1S/C11H13ClN4O2/c12-10-13-7-8(14-10)15-11(18)16(9(7)17)6-4-2-1-3-5-6/h6H,1-5H2,(H,13,14)(H,15,18). The molecule has 6 nitrogen and oxygen atoms in total. The predicted octanol–water partition coefficient (Wildman–Crippen LogP) is 1.57. The number of fused-ring (bicyclic) bond motifs is 1. The maximum absolute atomic E-state index is 12.3. The molecule has 0 radical (unpaired) electrons. The lowest BCUT2D eigenvalue weighted by atomic mass is 9.95. The van der Waals surface area contributed by atoms with Crippen molar-refractivity contribution < 1.29 is 0 Å². The number of aromatic nitrogens is 4. The van der Waals surface area contributed by atoms with Gasteiger partial charge in [0.05, 0.1) is 0 Å². The van der Waals surface area contributed by atoms with Crippen LogP contribution in [0.25, 0.3) is 11.2 Å². The summed E-state index contributed by atoms with van der Waals surface area (Å²) in [6.07, 6.45) is 5.02. The molecule has 1 fully saturated rings. The van der Waals surface area contributed by atoms with E-state index in [0.717, 1.165) is 25.7 Å². The third-order valence-corrected chi connectivity index (χ3v) is 3.67. The molecule has 1 saturated carbocycles. The summed E-state index contributed by atoms with van der Waals surface area (Å²) in [5, 5.41) is 0.110. The summed E-state index contributed by atoms with van der Waals surface area (Å²) in [4.78, 5) is 33.4. The largest absolute Gasteiger partial charge is 0.330 e. The average molecular weight is 269 g/mol. The van der Waals surface area contributed by atoms with E-state index in [9.17, 15) is 9.59 Å². The lowest BCUT2D eigenvalue weighted by molar-refractivity contribution is 0.338.